The number of carbonyl (C=O) groups excluding carboxylic acids is 1. The van der Waals surface area contributed by atoms with Crippen molar-refractivity contribution in [3.05, 3.63) is 65.5 Å². The highest BCUT2D eigenvalue weighted by molar-refractivity contribution is 5.95. The first-order valence-corrected chi connectivity index (χ1v) is 8.84. The zero-order valence-corrected chi connectivity index (χ0v) is 14.4. The Bertz CT molecular complexity index is 830. The maximum absolute atomic E-state index is 12.9. The zero-order valence-electron chi connectivity index (χ0n) is 14.4. The number of hydrogen-bond donors (Lipinski definition) is 0. The minimum Gasteiger partial charge on any atom is -0.483 e. The van der Waals surface area contributed by atoms with Crippen LogP contribution in [0.25, 0.3) is 6.08 Å². The summed E-state index contributed by atoms with van der Waals surface area (Å²) in [4.78, 5) is 18.9. The molecule has 128 valence electrons. The molecular weight excluding hydrogens is 312 g/mol. The van der Waals surface area contributed by atoms with E-state index in [2.05, 4.69) is 23.2 Å². The summed E-state index contributed by atoms with van der Waals surface area (Å²) in [5.41, 5.74) is 2.50. The van der Waals surface area contributed by atoms with Crippen LogP contribution in [0.15, 0.2) is 48.8 Å². The molecule has 1 atom stereocenters. The monoisotopic (exact) mass is 334 g/mol. The quantitative estimate of drug-likeness (QED) is 0.795. The molecule has 4 rings (SSSR count). The van der Waals surface area contributed by atoms with Crippen LogP contribution in [0.3, 0.4) is 0 Å². The number of pyridine rings is 1. The Morgan fingerprint density at radius 1 is 1.20 bits per heavy atom. The summed E-state index contributed by atoms with van der Waals surface area (Å²) in [6, 6.07) is 10.00. The molecule has 1 amide bonds. The number of para-hydroxylation sites is 1. The Kier molecular flexibility index (Phi) is 4.04. The van der Waals surface area contributed by atoms with Gasteiger partial charge in [-0.2, -0.15) is 0 Å². The third kappa shape index (κ3) is 3.04. The van der Waals surface area contributed by atoms with Gasteiger partial charge in [-0.25, -0.2) is 0 Å². The van der Waals surface area contributed by atoms with Gasteiger partial charge in [-0.3, -0.25) is 9.78 Å². The van der Waals surface area contributed by atoms with Crippen molar-refractivity contribution in [2.75, 3.05) is 13.1 Å². The van der Waals surface area contributed by atoms with Gasteiger partial charge in [0.25, 0.3) is 5.91 Å². The van der Waals surface area contributed by atoms with Crippen LogP contribution in [0.4, 0.5) is 0 Å². The van der Waals surface area contributed by atoms with Crippen molar-refractivity contribution in [1.29, 1.82) is 0 Å². The topological polar surface area (TPSA) is 42.4 Å². The van der Waals surface area contributed by atoms with E-state index in [0.29, 0.717) is 12.1 Å². The molecule has 3 heterocycles. The number of amides is 1. The Morgan fingerprint density at radius 2 is 2.08 bits per heavy atom. The molecule has 0 aliphatic carbocycles. The van der Waals surface area contributed by atoms with Gasteiger partial charge < -0.3 is 9.64 Å². The molecule has 0 N–H and O–H groups in total. The molecule has 2 aliphatic rings. The number of ether oxygens (including phenoxy) is 1. The molecule has 1 saturated heterocycles. The highest BCUT2D eigenvalue weighted by Crippen LogP contribution is 2.37. The molecule has 1 aromatic heterocycles. The van der Waals surface area contributed by atoms with E-state index >= 15 is 0 Å². The van der Waals surface area contributed by atoms with Crippen molar-refractivity contribution in [3.63, 3.8) is 0 Å². The Balaban J connectivity index is 1.52. The second kappa shape index (κ2) is 6.36. The molecule has 2 aliphatic heterocycles. The highest BCUT2D eigenvalue weighted by atomic mass is 16.5. The summed E-state index contributed by atoms with van der Waals surface area (Å²) in [6.45, 7) is 3.41. The summed E-state index contributed by atoms with van der Waals surface area (Å²) < 4.78 is 6.36. The van der Waals surface area contributed by atoms with Crippen LogP contribution in [0.2, 0.25) is 0 Å². The van der Waals surface area contributed by atoms with Crippen molar-refractivity contribution >= 4 is 12.0 Å². The number of benzene rings is 1. The maximum atomic E-state index is 12.9. The van der Waals surface area contributed by atoms with Gasteiger partial charge in [0.05, 0.1) is 5.56 Å². The lowest BCUT2D eigenvalue weighted by atomic mass is 9.91. The minimum atomic E-state index is -0.298. The Morgan fingerprint density at radius 3 is 2.96 bits per heavy atom. The van der Waals surface area contributed by atoms with Gasteiger partial charge in [-0.05, 0) is 43.5 Å². The number of aryl methyl sites for hydroxylation is 1. The lowest BCUT2D eigenvalue weighted by Crippen LogP contribution is -2.38. The van der Waals surface area contributed by atoms with Crippen LogP contribution in [0.1, 0.15) is 40.7 Å². The second-order valence-electron chi connectivity index (χ2n) is 6.87. The zero-order chi connectivity index (χ0) is 17.3. The van der Waals surface area contributed by atoms with Crippen LogP contribution in [-0.4, -0.2) is 34.5 Å². The largest absolute Gasteiger partial charge is 0.483 e. The van der Waals surface area contributed by atoms with Crippen LogP contribution >= 0.6 is 0 Å². The first-order valence-electron chi connectivity index (χ1n) is 8.84. The van der Waals surface area contributed by atoms with Gasteiger partial charge in [-0.1, -0.05) is 24.3 Å². The highest BCUT2D eigenvalue weighted by Gasteiger charge is 2.36. The Labute approximate surface area is 148 Å². The summed E-state index contributed by atoms with van der Waals surface area (Å²) in [5, 5.41) is 0. The molecule has 25 heavy (non-hydrogen) atoms. The fourth-order valence-corrected chi connectivity index (χ4v) is 3.67. The van der Waals surface area contributed by atoms with E-state index in [4.69, 9.17) is 4.74 Å². The normalized spacial score (nSPS) is 22.2. The lowest BCUT2D eigenvalue weighted by Gasteiger charge is -2.34. The molecule has 0 saturated carbocycles. The first kappa shape index (κ1) is 15.9. The molecule has 4 nitrogen and oxygen atoms in total. The van der Waals surface area contributed by atoms with Crippen molar-refractivity contribution in [2.24, 2.45) is 0 Å². The molecule has 4 heteroatoms. The molecule has 0 radical (unpaired) electrons. The van der Waals surface area contributed by atoms with E-state index in [0.717, 1.165) is 42.7 Å². The SMILES string of the molecule is Cc1ccncc1C(=O)N1CCC[C@@]2(C=Cc3ccccc3O2)CC1. The van der Waals surface area contributed by atoms with E-state index in [1.54, 1.807) is 12.4 Å². The number of carbonyl (C=O) groups is 1. The van der Waals surface area contributed by atoms with Crippen molar-refractivity contribution in [2.45, 2.75) is 31.8 Å². The van der Waals surface area contributed by atoms with Gasteiger partial charge in [0.1, 0.15) is 11.4 Å². The van der Waals surface area contributed by atoms with Gasteiger partial charge in [0.2, 0.25) is 0 Å². The van der Waals surface area contributed by atoms with Gasteiger partial charge in [-0.15, -0.1) is 0 Å². The van der Waals surface area contributed by atoms with E-state index in [-0.39, 0.29) is 11.5 Å². The van der Waals surface area contributed by atoms with E-state index < -0.39 is 0 Å². The maximum Gasteiger partial charge on any atom is 0.255 e. The standard InChI is InChI=1S/C21H22N2O2/c1-16-8-12-22-15-18(16)20(24)23-13-4-9-21(11-14-23)10-7-17-5-2-3-6-19(17)25-21/h2-3,5-8,10,12,15H,4,9,11,13-14H2,1H3/t21-/m1/s1. The molecule has 1 spiro atoms. The summed E-state index contributed by atoms with van der Waals surface area (Å²) in [7, 11) is 0. The number of rotatable bonds is 1. The van der Waals surface area contributed by atoms with E-state index in [9.17, 15) is 4.79 Å². The number of fused-ring (bicyclic) bond motifs is 1. The van der Waals surface area contributed by atoms with E-state index in [1.807, 2.05) is 36.1 Å². The smallest absolute Gasteiger partial charge is 0.255 e. The third-order valence-electron chi connectivity index (χ3n) is 5.19. The number of aromatic nitrogens is 1. The van der Waals surface area contributed by atoms with Crippen LogP contribution in [0.5, 0.6) is 5.75 Å². The van der Waals surface area contributed by atoms with Crippen molar-refractivity contribution in [3.8, 4) is 5.75 Å². The van der Waals surface area contributed by atoms with Gasteiger partial charge in [0, 0.05) is 37.5 Å². The fourth-order valence-electron chi connectivity index (χ4n) is 3.67. The lowest BCUT2D eigenvalue weighted by molar-refractivity contribution is 0.0729. The van der Waals surface area contributed by atoms with E-state index in [1.165, 1.54) is 0 Å². The number of hydrogen-bond acceptors (Lipinski definition) is 3. The van der Waals surface area contributed by atoms with Crippen molar-refractivity contribution in [1.82, 2.24) is 9.88 Å². The average Bonchev–Trinajstić information content (AvgIpc) is 2.84. The number of likely N-dealkylation sites (tertiary alicyclic amines) is 1. The van der Waals surface area contributed by atoms with Gasteiger partial charge >= 0.3 is 0 Å². The molecule has 0 bridgehead atoms. The minimum absolute atomic E-state index is 0.0721. The van der Waals surface area contributed by atoms with Crippen LogP contribution in [0, 0.1) is 6.92 Å². The molecule has 1 fully saturated rings. The molecule has 2 aromatic rings. The van der Waals surface area contributed by atoms with Gasteiger partial charge in [0.15, 0.2) is 0 Å². The average molecular weight is 334 g/mol. The summed E-state index contributed by atoms with van der Waals surface area (Å²) in [5.74, 6) is 1.01. The fraction of sp³-hybridized carbons (Fsp3) is 0.333. The first-order chi connectivity index (χ1) is 12.2. The summed E-state index contributed by atoms with van der Waals surface area (Å²) in [6.07, 6.45) is 10.4. The van der Waals surface area contributed by atoms with Crippen LogP contribution in [-0.2, 0) is 0 Å². The molecule has 0 unspecified atom stereocenters. The predicted octanol–water partition coefficient (Wildman–Crippen LogP) is 3.86. The predicted molar refractivity (Wildman–Crippen MR) is 97.6 cm³/mol. The van der Waals surface area contributed by atoms with Crippen molar-refractivity contribution < 1.29 is 9.53 Å². The van der Waals surface area contributed by atoms with Crippen LogP contribution < -0.4 is 4.74 Å². The Hall–Kier alpha value is -2.62. The molecule has 1 aromatic carbocycles. The third-order valence-corrected chi connectivity index (χ3v) is 5.19. The number of nitrogens with zero attached hydrogens (tertiary/aromatic N) is 2. The summed E-state index contributed by atoms with van der Waals surface area (Å²) >= 11 is 0. The molecular formula is C21H22N2O2. The second-order valence-corrected chi connectivity index (χ2v) is 6.87.